The lowest BCUT2D eigenvalue weighted by molar-refractivity contribution is -0.132. The van der Waals surface area contributed by atoms with Gasteiger partial charge in [-0.25, -0.2) is 8.42 Å². The van der Waals surface area contributed by atoms with Crippen LogP contribution in [0.5, 0.6) is 0 Å². The second kappa shape index (κ2) is 9.47. The predicted molar refractivity (Wildman–Crippen MR) is 112 cm³/mol. The first-order valence-corrected chi connectivity index (χ1v) is 11.5. The molecule has 8 heteroatoms. The molecule has 0 atom stereocenters. The molecule has 1 saturated heterocycles. The normalized spacial score (nSPS) is 16.0. The quantitative estimate of drug-likeness (QED) is 0.616. The lowest BCUT2D eigenvalue weighted by Crippen LogP contribution is -2.51. The monoisotopic (exact) mass is 419 g/mol. The third-order valence-corrected chi connectivity index (χ3v) is 7.47. The molecule has 0 bridgehead atoms. The van der Waals surface area contributed by atoms with Gasteiger partial charge in [0.25, 0.3) is 0 Å². The van der Waals surface area contributed by atoms with Gasteiger partial charge in [0.1, 0.15) is 0 Å². The van der Waals surface area contributed by atoms with Gasteiger partial charge in [-0.05, 0) is 23.6 Å². The standard InChI is InChI=1S/C20H25N3O3S2/c1-2-10-22(16-18-7-6-15-27-18)20(24)17-21-11-13-23(14-12-21)28(25,26)19-8-4-3-5-9-19/h2-9,15H,1,10-14,16-17H2. The molecule has 3 rings (SSSR count). The van der Waals surface area contributed by atoms with Crippen LogP contribution in [0.3, 0.4) is 0 Å². The Hall–Kier alpha value is -2.00. The van der Waals surface area contributed by atoms with E-state index in [1.54, 1.807) is 52.6 Å². The summed E-state index contributed by atoms with van der Waals surface area (Å²) in [5.41, 5.74) is 0. The fraction of sp³-hybridized carbons (Fsp3) is 0.350. The maximum Gasteiger partial charge on any atom is 0.243 e. The first kappa shape index (κ1) is 20.7. The molecule has 1 aliphatic rings. The molecule has 1 aromatic heterocycles. The van der Waals surface area contributed by atoms with Crippen LogP contribution in [-0.2, 0) is 21.4 Å². The number of hydrogen-bond donors (Lipinski definition) is 0. The fourth-order valence-electron chi connectivity index (χ4n) is 3.16. The Labute approximate surface area is 170 Å². The van der Waals surface area contributed by atoms with E-state index in [1.807, 2.05) is 22.4 Å². The van der Waals surface area contributed by atoms with Crippen LogP contribution in [0.25, 0.3) is 0 Å². The minimum atomic E-state index is -3.47. The summed E-state index contributed by atoms with van der Waals surface area (Å²) < 4.78 is 26.9. The summed E-state index contributed by atoms with van der Waals surface area (Å²) in [5.74, 6) is 0.0349. The van der Waals surface area contributed by atoms with E-state index in [1.165, 1.54) is 4.31 Å². The molecule has 0 spiro atoms. The van der Waals surface area contributed by atoms with Crippen molar-refractivity contribution in [1.82, 2.24) is 14.1 Å². The van der Waals surface area contributed by atoms with Gasteiger partial charge in [-0.1, -0.05) is 30.3 Å². The highest BCUT2D eigenvalue weighted by atomic mass is 32.2. The summed E-state index contributed by atoms with van der Waals surface area (Å²) in [4.78, 5) is 18.0. The summed E-state index contributed by atoms with van der Waals surface area (Å²) >= 11 is 1.63. The second-order valence-corrected chi connectivity index (χ2v) is 9.61. The average molecular weight is 420 g/mol. The molecule has 2 aromatic rings. The third-order valence-electron chi connectivity index (χ3n) is 4.70. The molecule has 1 aromatic carbocycles. The van der Waals surface area contributed by atoms with E-state index < -0.39 is 10.0 Å². The van der Waals surface area contributed by atoms with Crippen LogP contribution in [0.15, 0.2) is 65.4 Å². The number of carbonyl (C=O) groups excluding carboxylic acids is 1. The van der Waals surface area contributed by atoms with Crippen molar-refractivity contribution in [3.05, 3.63) is 65.4 Å². The molecule has 28 heavy (non-hydrogen) atoms. The number of hydrogen-bond acceptors (Lipinski definition) is 5. The molecule has 1 fully saturated rings. The summed E-state index contributed by atoms with van der Waals surface area (Å²) in [7, 11) is -3.47. The van der Waals surface area contributed by atoms with E-state index in [0.717, 1.165) is 4.88 Å². The van der Waals surface area contributed by atoms with Crippen LogP contribution in [0.2, 0.25) is 0 Å². The van der Waals surface area contributed by atoms with Crippen LogP contribution < -0.4 is 0 Å². The van der Waals surface area contributed by atoms with E-state index in [2.05, 4.69) is 6.58 Å². The van der Waals surface area contributed by atoms with Crippen molar-refractivity contribution in [2.24, 2.45) is 0 Å². The Morgan fingerprint density at radius 2 is 1.82 bits per heavy atom. The van der Waals surface area contributed by atoms with Crippen LogP contribution in [0.4, 0.5) is 0 Å². The van der Waals surface area contributed by atoms with Crippen molar-refractivity contribution in [2.45, 2.75) is 11.4 Å². The van der Waals surface area contributed by atoms with Crippen LogP contribution >= 0.6 is 11.3 Å². The minimum absolute atomic E-state index is 0.0349. The number of amides is 1. The topological polar surface area (TPSA) is 60.9 Å². The van der Waals surface area contributed by atoms with Gasteiger partial charge in [0.05, 0.1) is 18.0 Å². The molecule has 150 valence electrons. The van der Waals surface area contributed by atoms with Gasteiger partial charge in [-0.15, -0.1) is 17.9 Å². The van der Waals surface area contributed by atoms with Crippen LogP contribution in [-0.4, -0.2) is 67.7 Å². The number of sulfonamides is 1. The van der Waals surface area contributed by atoms with Crippen molar-refractivity contribution in [3.63, 3.8) is 0 Å². The largest absolute Gasteiger partial charge is 0.333 e. The number of benzene rings is 1. The zero-order valence-electron chi connectivity index (χ0n) is 15.7. The van der Waals surface area contributed by atoms with Crippen molar-refractivity contribution in [1.29, 1.82) is 0 Å². The summed E-state index contributed by atoms with van der Waals surface area (Å²) in [6.07, 6.45) is 1.73. The summed E-state index contributed by atoms with van der Waals surface area (Å²) in [6.45, 7) is 6.96. The lowest BCUT2D eigenvalue weighted by Gasteiger charge is -2.34. The highest BCUT2D eigenvalue weighted by Gasteiger charge is 2.29. The smallest absolute Gasteiger partial charge is 0.243 e. The first-order valence-electron chi connectivity index (χ1n) is 9.19. The van der Waals surface area contributed by atoms with Crippen molar-refractivity contribution in [2.75, 3.05) is 39.3 Å². The van der Waals surface area contributed by atoms with Crippen LogP contribution in [0.1, 0.15) is 4.88 Å². The van der Waals surface area contributed by atoms with Gasteiger partial charge in [0, 0.05) is 37.6 Å². The fourth-order valence-corrected chi connectivity index (χ4v) is 5.32. The van der Waals surface area contributed by atoms with E-state index in [-0.39, 0.29) is 5.91 Å². The molecular weight excluding hydrogens is 394 g/mol. The van der Waals surface area contributed by atoms with Gasteiger partial charge in [-0.2, -0.15) is 4.31 Å². The SMILES string of the molecule is C=CCN(Cc1cccs1)C(=O)CN1CCN(S(=O)(=O)c2ccccc2)CC1. The Bertz CT molecular complexity index is 875. The first-order chi connectivity index (χ1) is 13.5. The molecule has 0 radical (unpaired) electrons. The lowest BCUT2D eigenvalue weighted by atomic mass is 10.3. The Morgan fingerprint density at radius 3 is 2.43 bits per heavy atom. The third kappa shape index (κ3) is 5.08. The number of carbonyl (C=O) groups is 1. The maximum absolute atomic E-state index is 12.7. The molecule has 6 nitrogen and oxygen atoms in total. The molecule has 0 saturated carbocycles. The zero-order valence-corrected chi connectivity index (χ0v) is 17.4. The van der Waals surface area contributed by atoms with Gasteiger partial charge >= 0.3 is 0 Å². The molecule has 2 heterocycles. The van der Waals surface area contributed by atoms with E-state index in [9.17, 15) is 13.2 Å². The number of rotatable bonds is 8. The van der Waals surface area contributed by atoms with Crippen LogP contribution in [0, 0.1) is 0 Å². The molecular formula is C20H25N3O3S2. The Morgan fingerprint density at radius 1 is 1.11 bits per heavy atom. The summed E-state index contributed by atoms with van der Waals surface area (Å²) in [6, 6.07) is 12.5. The molecule has 0 aliphatic carbocycles. The van der Waals surface area contributed by atoms with E-state index in [0.29, 0.717) is 50.7 Å². The van der Waals surface area contributed by atoms with Crippen molar-refractivity contribution >= 4 is 27.3 Å². The van der Waals surface area contributed by atoms with Gasteiger partial charge in [0.2, 0.25) is 15.9 Å². The van der Waals surface area contributed by atoms with Gasteiger partial charge in [-0.3, -0.25) is 9.69 Å². The average Bonchev–Trinajstić information content (AvgIpc) is 3.22. The maximum atomic E-state index is 12.7. The van der Waals surface area contributed by atoms with Gasteiger partial charge in [0.15, 0.2) is 0 Å². The minimum Gasteiger partial charge on any atom is -0.333 e. The Kier molecular flexibility index (Phi) is 7.01. The van der Waals surface area contributed by atoms with Crippen molar-refractivity contribution < 1.29 is 13.2 Å². The zero-order chi connectivity index (χ0) is 20.0. The molecule has 1 amide bonds. The highest BCUT2D eigenvalue weighted by molar-refractivity contribution is 7.89. The molecule has 1 aliphatic heterocycles. The number of nitrogens with zero attached hydrogens (tertiary/aromatic N) is 3. The molecule has 0 unspecified atom stereocenters. The van der Waals surface area contributed by atoms with E-state index >= 15 is 0 Å². The van der Waals surface area contributed by atoms with E-state index in [4.69, 9.17) is 0 Å². The number of thiophene rings is 1. The van der Waals surface area contributed by atoms with Crippen molar-refractivity contribution in [3.8, 4) is 0 Å². The number of piperazine rings is 1. The Balaban J connectivity index is 1.55. The summed E-state index contributed by atoms with van der Waals surface area (Å²) in [5, 5.41) is 2.00. The highest BCUT2D eigenvalue weighted by Crippen LogP contribution is 2.17. The predicted octanol–water partition coefficient (Wildman–Crippen LogP) is 2.27. The van der Waals surface area contributed by atoms with Gasteiger partial charge < -0.3 is 4.90 Å². The second-order valence-electron chi connectivity index (χ2n) is 6.64. The molecule has 0 N–H and O–H groups in total.